The summed E-state index contributed by atoms with van der Waals surface area (Å²) in [7, 11) is 0. The average molecular weight is 332 g/mol. The Bertz CT molecular complexity index is 634. The van der Waals surface area contributed by atoms with Crippen LogP contribution in [0, 0.1) is 18.6 Å². The van der Waals surface area contributed by atoms with Crippen LogP contribution in [0.15, 0.2) is 16.6 Å². The van der Waals surface area contributed by atoms with Gasteiger partial charge in [-0.1, -0.05) is 5.21 Å². The van der Waals surface area contributed by atoms with Gasteiger partial charge in [0, 0.05) is 10.5 Å². The van der Waals surface area contributed by atoms with Crippen LogP contribution in [0.4, 0.5) is 8.78 Å². The first kappa shape index (κ1) is 13.6. The van der Waals surface area contributed by atoms with Crippen molar-refractivity contribution in [2.24, 2.45) is 0 Å². The van der Waals surface area contributed by atoms with Gasteiger partial charge in [0.25, 0.3) is 0 Å². The largest absolute Gasteiger partial charge is 0.481 e. The van der Waals surface area contributed by atoms with Crippen LogP contribution in [-0.4, -0.2) is 26.1 Å². The third-order valence-electron chi connectivity index (χ3n) is 2.50. The van der Waals surface area contributed by atoms with Crippen molar-refractivity contribution in [3.8, 4) is 5.69 Å². The first-order valence-corrected chi connectivity index (χ1v) is 5.97. The van der Waals surface area contributed by atoms with Gasteiger partial charge in [-0.25, -0.2) is 13.5 Å². The monoisotopic (exact) mass is 331 g/mol. The molecule has 1 heterocycles. The highest BCUT2D eigenvalue weighted by atomic mass is 79.9. The van der Waals surface area contributed by atoms with E-state index in [0.717, 1.165) is 16.8 Å². The molecule has 1 aromatic heterocycles. The van der Waals surface area contributed by atoms with E-state index in [9.17, 15) is 13.6 Å². The predicted octanol–water partition coefficient (Wildman–Crippen LogP) is 2.24. The maximum absolute atomic E-state index is 13.8. The summed E-state index contributed by atoms with van der Waals surface area (Å²) < 4.78 is 28.1. The van der Waals surface area contributed by atoms with Gasteiger partial charge in [-0.2, -0.15) is 0 Å². The van der Waals surface area contributed by atoms with Crippen molar-refractivity contribution in [1.82, 2.24) is 15.0 Å². The van der Waals surface area contributed by atoms with E-state index in [1.807, 2.05) is 0 Å². The van der Waals surface area contributed by atoms with E-state index < -0.39 is 17.6 Å². The van der Waals surface area contributed by atoms with E-state index in [0.29, 0.717) is 5.69 Å². The van der Waals surface area contributed by atoms with E-state index in [-0.39, 0.29) is 22.3 Å². The SMILES string of the molecule is Cc1c(CC(=O)O)nnn1-c1c(F)cc(F)cc1Br. The third-order valence-corrected chi connectivity index (χ3v) is 3.11. The lowest BCUT2D eigenvalue weighted by molar-refractivity contribution is -0.136. The van der Waals surface area contributed by atoms with Gasteiger partial charge >= 0.3 is 5.97 Å². The Morgan fingerprint density at radius 2 is 2.16 bits per heavy atom. The second-order valence-electron chi connectivity index (χ2n) is 3.82. The summed E-state index contributed by atoms with van der Waals surface area (Å²) in [6, 6.07) is 1.81. The number of rotatable bonds is 3. The quantitative estimate of drug-likeness (QED) is 0.936. The number of carboxylic acids is 1. The molecule has 8 heteroatoms. The summed E-state index contributed by atoms with van der Waals surface area (Å²) in [6.45, 7) is 1.56. The number of halogens is 3. The fourth-order valence-corrected chi connectivity index (χ4v) is 2.19. The molecule has 1 N–H and O–H groups in total. The van der Waals surface area contributed by atoms with Crippen LogP contribution in [0.25, 0.3) is 5.69 Å². The summed E-state index contributed by atoms with van der Waals surface area (Å²) in [4.78, 5) is 10.6. The highest BCUT2D eigenvalue weighted by molar-refractivity contribution is 9.10. The number of carbonyl (C=O) groups is 1. The summed E-state index contributed by atoms with van der Waals surface area (Å²) >= 11 is 3.04. The van der Waals surface area contributed by atoms with Crippen LogP contribution >= 0.6 is 15.9 Å². The van der Waals surface area contributed by atoms with Crippen molar-refractivity contribution in [3.63, 3.8) is 0 Å². The average Bonchev–Trinajstić information content (AvgIpc) is 2.60. The van der Waals surface area contributed by atoms with Crippen molar-refractivity contribution in [2.45, 2.75) is 13.3 Å². The Balaban J connectivity index is 2.54. The summed E-state index contributed by atoms with van der Waals surface area (Å²) in [5.41, 5.74) is 0.597. The van der Waals surface area contributed by atoms with Crippen LogP contribution in [0.5, 0.6) is 0 Å². The molecule has 2 rings (SSSR count). The fourth-order valence-electron chi connectivity index (χ4n) is 1.62. The zero-order chi connectivity index (χ0) is 14.2. The Morgan fingerprint density at radius 3 is 2.74 bits per heavy atom. The standard InChI is InChI=1S/C11H8BrF2N3O2/c1-5-9(4-10(18)19)15-16-17(5)11-7(12)2-6(13)3-8(11)14/h2-3H,4H2,1H3,(H,18,19). The van der Waals surface area contributed by atoms with Crippen LogP contribution in [0.1, 0.15) is 11.4 Å². The molecule has 0 fully saturated rings. The van der Waals surface area contributed by atoms with Crippen LogP contribution in [-0.2, 0) is 11.2 Å². The first-order chi connectivity index (χ1) is 8.90. The fraction of sp³-hybridized carbons (Fsp3) is 0.182. The lowest BCUT2D eigenvalue weighted by atomic mass is 10.2. The Hall–Kier alpha value is -1.83. The smallest absolute Gasteiger partial charge is 0.309 e. The van der Waals surface area contributed by atoms with E-state index in [1.165, 1.54) is 0 Å². The van der Waals surface area contributed by atoms with Gasteiger partial charge in [-0.3, -0.25) is 4.79 Å². The van der Waals surface area contributed by atoms with Gasteiger partial charge in [0.2, 0.25) is 0 Å². The third kappa shape index (κ3) is 2.62. The minimum atomic E-state index is -1.06. The first-order valence-electron chi connectivity index (χ1n) is 5.18. The minimum absolute atomic E-state index is 0.0111. The molecule has 0 radical (unpaired) electrons. The topological polar surface area (TPSA) is 68.0 Å². The van der Waals surface area contributed by atoms with Crippen molar-refractivity contribution in [1.29, 1.82) is 0 Å². The molecule has 0 aliphatic heterocycles. The van der Waals surface area contributed by atoms with Crippen molar-refractivity contribution < 1.29 is 18.7 Å². The second-order valence-corrected chi connectivity index (χ2v) is 4.68. The van der Waals surface area contributed by atoms with Gasteiger partial charge in [-0.05, 0) is 28.9 Å². The van der Waals surface area contributed by atoms with Gasteiger partial charge in [0.15, 0.2) is 5.82 Å². The molecule has 0 bridgehead atoms. The number of carboxylic acid groups (broad SMARTS) is 1. The Morgan fingerprint density at radius 1 is 1.47 bits per heavy atom. The molecule has 0 aliphatic rings. The molecule has 1 aromatic carbocycles. The normalized spacial score (nSPS) is 10.7. The summed E-state index contributed by atoms with van der Waals surface area (Å²) in [5, 5.41) is 16.1. The number of aliphatic carboxylic acids is 1. The molecule has 0 aliphatic carbocycles. The molecule has 0 saturated carbocycles. The number of benzene rings is 1. The molecule has 0 atom stereocenters. The second kappa shape index (κ2) is 5.04. The molecule has 5 nitrogen and oxygen atoms in total. The number of aromatic nitrogens is 3. The Kier molecular flexibility index (Phi) is 3.61. The molecule has 100 valence electrons. The van der Waals surface area contributed by atoms with Crippen molar-refractivity contribution >= 4 is 21.9 Å². The van der Waals surface area contributed by atoms with Crippen LogP contribution < -0.4 is 0 Å². The zero-order valence-electron chi connectivity index (χ0n) is 9.69. The van der Waals surface area contributed by atoms with E-state index >= 15 is 0 Å². The van der Waals surface area contributed by atoms with Gasteiger partial charge < -0.3 is 5.11 Å². The summed E-state index contributed by atoms with van der Waals surface area (Å²) in [5.74, 6) is -2.60. The maximum Gasteiger partial charge on any atom is 0.309 e. The van der Waals surface area contributed by atoms with E-state index in [1.54, 1.807) is 6.92 Å². The van der Waals surface area contributed by atoms with Gasteiger partial charge in [0.05, 0.1) is 17.8 Å². The molecule has 2 aromatic rings. The number of nitrogens with zero attached hydrogens (tertiary/aromatic N) is 3. The zero-order valence-corrected chi connectivity index (χ0v) is 11.3. The molecule has 0 amide bonds. The molecule has 19 heavy (non-hydrogen) atoms. The highest BCUT2D eigenvalue weighted by Gasteiger charge is 2.18. The lowest BCUT2D eigenvalue weighted by Crippen LogP contribution is -2.06. The number of hydrogen-bond donors (Lipinski definition) is 1. The number of hydrogen-bond acceptors (Lipinski definition) is 3. The minimum Gasteiger partial charge on any atom is -0.481 e. The summed E-state index contributed by atoms with van der Waals surface area (Å²) in [6.07, 6.45) is -0.313. The van der Waals surface area contributed by atoms with E-state index in [4.69, 9.17) is 5.11 Å². The van der Waals surface area contributed by atoms with Gasteiger partial charge in [0.1, 0.15) is 11.5 Å². The molecular weight excluding hydrogens is 324 g/mol. The van der Waals surface area contributed by atoms with E-state index in [2.05, 4.69) is 26.2 Å². The Labute approximate surface area is 115 Å². The van der Waals surface area contributed by atoms with Crippen molar-refractivity contribution in [3.05, 3.63) is 39.6 Å². The van der Waals surface area contributed by atoms with Crippen LogP contribution in [0.2, 0.25) is 0 Å². The maximum atomic E-state index is 13.8. The van der Waals surface area contributed by atoms with Gasteiger partial charge in [-0.15, -0.1) is 5.10 Å². The lowest BCUT2D eigenvalue weighted by Gasteiger charge is -2.07. The molecule has 0 unspecified atom stereocenters. The highest BCUT2D eigenvalue weighted by Crippen LogP contribution is 2.26. The van der Waals surface area contributed by atoms with Crippen molar-refractivity contribution in [2.75, 3.05) is 0 Å². The molecule has 0 spiro atoms. The molecule has 0 saturated heterocycles. The molecular formula is C11H8BrF2N3O2. The van der Waals surface area contributed by atoms with Crippen LogP contribution in [0.3, 0.4) is 0 Å². The predicted molar refractivity (Wildman–Crippen MR) is 65.1 cm³/mol.